The number of sulfone groups is 1. The van der Waals surface area contributed by atoms with E-state index >= 15 is 0 Å². The highest BCUT2D eigenvalue weighted by Gasteiger charge is 2.14. The van der Waals surface area contributed by atoms with Crippen LogP contribution in [0.5, 0.6) is 0 Å². The molecule has 0 saturated heterocycles. The maximum absolute atomic E-state index is 11.5. The van der Waals surface area contributed by atoms with Crippen molar-refractivity contribution in [3.05, 3.63) is 41.3 Å². The first-order valence-electron chi connectivity index (χ1n) is 3.93. The molecular weight excluding hydrogens is 184 g/mol. The number of rotatable bonds is 2. The second kappa shape index (κ2) is 3.34. The molecule has 0 unspecified atom stereocenters. The maximum Gasteiger partial charge on any atom is 0.199 e. The zero-order valence-electron chi connectivity index (χ0n) is 7.74. The van der Waals surface area contributed by atoms with Crippen molar-refractivity contribution in [3.8, 4) is 0 Å². The van der Waals surface area contributed by atoms with Crippen molar-refractivity contribution in [2.45, 2.75) is 18.7 Å². The van der Waals surface area contributed by atoms with Crippen LogP contribution >= 0.6 is 0 Å². The monoisotopic (exact) mass is 196 g/mol. The quantitative estimate of drug-likeness (QED) is 0.726. The molecule has 0 bridgehead atoms. The molecule has 0 atom stereocenters. The average molecular weight is 196 g/mol. The number of hydrogen-bond donors (Lipinski definition) is 0. The molecule has 3 heteroatoms. The normalized spacial score (nSPS) is 11.2. The minimum atomic E-state index is -3.30. The van der Waals surface area contributed by atoms with Gasteiger partial charge in [0.2, 0.25) is 0 Å². The number of hydrogen-bond acceptors (Lipinski definition) is 2. The van der Waals surface area contributed by atoms with Crippen molar-refractivity contribution in [1.82, 2.24) is 0 Å². The van der Waals surface area contributed by atoms with Gasteiger partial charge in [-0.15, -0.1) is 0 Å². The van der Waals surface area contributed by atoms with E-state index in [9.17, 15) is 8.42 Å². The molecule has 0 spiro atoms. The molecule has 0 amide bonds. The molecule has 0 radical (unpaired) electrons. The van der Waals surface area contributed by atoms with Crippen LogP contribution in [0.1, 0.15) is 11.1 Å². The summed E-state index contributed by atoms with van der Waals surface area (Å²) in [6.45, 7) is 6.87. The van der Waals surface area contributed by atoms with Gasteiger partial charge in [-0.3, -0.25) is 0 Å². The Kier molecular flexibility index (Phi) is 2.57. The fourth-order valence-corrected chi connectivity index (χ4v) is 2.53. The standard InChI is InChI=1S/C10H12O2S/c1-4-13(11,12)10-8(2)6-5-7-9(10)3/h4-7H,1H2,2-3H3. The summed E-state index contributed by atoms with van der Waals surface area (Å²) in [4.78, 5) is 0.380. The fourth-order valence-electron chi connectivity index (χ4n) is 1.33. The van der Waals surface area contributed by atoms with E-state index in [1.807, 2.05) is 6.07 Å². The first-order valence-corrected chi connectivity index (χ1v) is 5.47. The third kappa shape index (κ3) is 1.80. The predicted molar refractivity (Wildman–Crippen MR) is 53.3 cm³/mol. The van der Waals surface area contributed by atoms with Crippen molar-refractivity contribution in [2.75, 3.05) is 0 Å². The zero-order valence-corrected chi connectivity index (χ0v) is 8.56. The molecule has 0 aliphatic rings. The Morgan fingerprint density at radius 1 is 1.23 bits per heavy atom. The minimum Gasteiger partial charge on any atom is -0.219 e. The van der Waals surface area contributed by atoms with E-state index in [-0.39, 0.29) is 0 Å². The van der Waals surface area contributed by atoms with Gasteiger partial charge in [-0.25, -0.2) is 8.42 Å². The van der Waals surface area contributed by atoms with Crippen molar-refractivity contribution in [1.29, 1.82) is 0 Å². The highest BCUT2D eigenvalue weighted by molar-refractivity contribution is 7.94. The maximum atomic E-state index is 11.5. The molecule has 1 rings (SSSR count). The Bertz CT molecular complexity index is 410. The lowest BCUT2D eigenvalue weighted by atomic mass is 10.2. The molecule has 0 heterocycles. The summed E-state index contributed by atoms with van der Waals surface area (Å²) < 4.78 is 23.0. The van der Waals surface area contributed by atoms with Crippen LogP contribution in [0.15, 0.2) is 35.1 Å². The number of benzene rings is 1. The minimum absolute atomic E-state index is 0.380. The molecule has 2 nitrogen and oxygen atoms in total. The Morgan fingerprint density at radius 3 is 2.08 bits per heavy atom. The molecule has 0 saturated carbocycles. The van der Waals surface area contributed by atoms with E-state index in [4.69, 9.17) is 0 Å². The van der Waals surface area contributed by atoms with Gasteiger partial charge >= 0.3 is 0 Å². The molecule has 0 aliphatic carbocycles. The molecule has 70 valence electrons. The SMILES string of the molecule is C=CS(=O)(=O)c1c(C)cccc1C. The topological polar surface area (TPSA) is 34.1 Å². The third-order valence-corrected chi connectivity index (χ3v) is 3.56. The summed E-state index contributed by atoms with van der Waals surface area (Å²) in [5.74, 6) is 0. The van der Waals surface area contributed by atoms with Crippen LogP contribution in [0, 0.1) is 13.8 Å². The summed E-state index contributed by atoms with van der Waals surface area (Å²) >= 11 is 0. The highest BCUT2D eigenvalue weighted by atomic mass is 32.2. The van der Waals surface area contributed by atoms with Gasteiger partial charge in [0.25, 0.3) is 0 Å². The van der Waals surface area contributed by atoms with Gasteiger partial charge in [0.05, 0.1) is 4.90 Å². The molecule has 0 fully saturated rings. The largest absolute Gasteiger partial charge is 0.219 e. The molecule has 1 aromatic carbocycles. The van der Waals surface area contributed by atoms with Crippen molar-refractivity contribution in [3.63, 3.8) is 0 Å². The van der Waals surface area contributed by atoms with E-state index in [2.05, 4.69) is 6.58 Å². The Hall–Kier alpha value is -1.09. The van der Waals surface area contributed by atoms with E-state index in [0.717, 1.165) is 16.5 Å². The van der Waals surface area contributed by atoms with Crippen molar-refractivity contribution in [2.24, 2.45) is 0 Å². The van der Waals surface area contributed by atoms with Gasteiger partial charge in [-0.1, -0.05) is 24.8 Å². The summed E-state index contributed by atoms with van der Waals surface area (Å²) in [7, 11) is -3.30. The number of aryl methyl sites for hydroxylation is 2. The molecule has 13 heavy (non-hydrogen) atoms. The smallest absolute Gasteiger partial charge is 0.199 e. The van der Waals surface area contributed by atoms with Crippen LogP contribution in [-0.4, -0.2) is 8.42 Å². The van der Waals surface area contributed by atoms with Crippen LogP contribution in [0.2, 0.25) is 0 Å². The Morgan fingerprint density at radius 2 is 1.69 bits per heavy atom. The average Bonchev–Trinajstić information content (AvgIpc) is 2.03. The van der Waals surface area contributed by atoms with E-state index < -0.39 is 9.84 Å². The van der Waals surface area contributed by atoms with Crippen LogP contribution in [0.25, 0.3) is 0 Å². The summed E-state index contributed by atoms with van der Waals surface area (Å²) in [5, 5.41) is 0.988. The first-order chi connectivity index (χ1) is 5.99. The van der Waals surface area contributed by atoms with Crippen molar-refractivity contribution < 1.29 is 8.42 Å². The molecule has 1 aromatic rings. The van der Waals surface area contributed by atoms with Gasteiger partial charge in [0.1, 0.15) is 0 Å². The molecule has 0 N–H and O–H groups in total. The predicted octanol–water partition coefficient (Wildman–Crippen LogP) is 2.22. The molecule has 0 aromatic heterocycles. The second-order valence-electron chi connectivity index (χ2n) is 2.93. The lowest BCUT2D eigenvalue weighted by molar-refractivity contribution is 0.603. The Balaban J connectivity index is 3.55. The lowest BCUT2D eigenvalue weighted by Crippen LogP contribution is -2.01. The van der Waals surface area contributed by atoms with E-state index in [1.165, 1.54) is 0 Å². The fraction of sp³-hybridized carbons (Fsp3) is 0.200. The zero-order chi connectivity index (χ0) is 10.1. The van der Waals surface area contributed by atoms with Crippen LogP contribution in [0.3, 0.4) is 0 Å². The van der Waals surface area contributed by atoms with Gasteiger partial charge in [-0.2, -0.15) is 0 Å². The van der Waals surface area contributed by atoms with Crippen LogP contribution in [0.4, 0.5) is 0 Å². The van der Waals surface area contributed by atoms with E-state index in [0.29, 0.717) is 4.90 Å². The second-order valence-corrected chi connectivity index (χ2v) is 4.76. The van der Waals surface area contributed by atoms with Crippen LogP contribution in [-0.2, 0) is 9.84 Å². The van der Waals surface area contributed by atoms with E-state index in [1.54, 1.807) is 26.0 Å². The van der Waals surface area contributed by atoms with Gasteiger partial charge in [0, 0.05) is 5.41 Å². The summed E-state index contributed by atoms with van der Waals surface area (Å²) in [5.41, 5.74) is 1.53. The lowest BCUT2D eigenvalue weighted by Gasteiger charge is -2.06. The molecule has 0 aliphatic heterocycles. The van der Waals surface area contributed by atoms with Gasteiger partial charge in [0.15, 0.2) is 9.84 Å². The first kappa shape index (κ1) is 9.99. The summed E-state index contributed by atoms with van der Waals surface area (Å²) in [6, 6.07) is 5.40. The van der Waals surface area contributed by atoms with Crippen molar-refractivity contribution >= 4 is 9.84 Å². The summed E-state index contributed by atoms with van der Waals surface area (Å²) in [6.07, 6.45) is 0. The highest BCUT2D eigenvalue weighted by Crippen LogP contribution is 2.20. The van der Waals surface area contributed by atoms with Gasteiger partial charge in [-0.05, 0) is 25.0 Å². The third-order valence-electron chi connectivity index (χ3n) is 1.91. The van der Waals surface area contributed by atoms with Gasteiger partial charge < -0.3 is 0 Å². The van der Waals surface area contributed by atoms with Crippen LogP contribution < -0.4 is 0 Å². The Labute approximate surface area is 78.8 Å². The molecular formula is C10H12O2S.